The minimum atomic E-state index is -0.462. The Morgan fingerprint density at radius 1 is 1.15 bits per heavy atom. The number of benzene rings is 1. The molecule has 0 bridgehead atoms. The molecule has 1 aromatic carbocycles. The monoisotopic (exact) mass is 268 g/mol. The summed E-state index contributed by atoms with van der Waals surface area (Å²) in [4.78, 5) is 22.5. The lowest BCUT2D eigenvalue weighted by molar-refractivity contribution is -0.556. The number of amides is 1. The van der Waals surface area contributed by atoms with Crippen LogP contribution in [0.15, 0.2) is 48.7 Å². The molecular formula is C14H10N3O3+. The minimum Gasteiger partial charge on any atom is -0.258 e. The first kappa shape index (κ1) is 12.0. The molecule has 98 valence electrons. The van der Waals surface area contributed by atoms with Gasteiger partial charge in [-0.15, -0.1) is 0 Å². The summed E-state index contributed by atoms with van der Waals surface area (Å²) >= 11 is 0. The summed E-state index contributed by atoms with van der Waals surface area (Å²) in [6, 6.07) is 11.7. The topological polar surface area (TPSA) is 76.1 Å². The third-order valence-electron chi connectivity index (χ3n) is 3.02. The number of anilines is 1. The molecule has 1 aliphatic heterocycles. The van der Waals surface area contributed by atoms with Gasteiger partial charge in [-0.25, -0.2) is 10.1 Å². The molecule has 1 aliphatic rings. The van der Waals surface area contributed by atoms with E-state index in [9.17, 15) is 14.9 Å². The zero-order valence-electron chi connectivity index (χ0n) is 10.3. The standard InChI is InChI=1S/C14H9N3O3/c18-14-12(16-8-4-3-7-13(16)15-14)9-10-5-1-2-6-11(10)17(19)20/h1-9H/p+1/b12-9-. The predicted molar refractivity (Wildman–Crippen MR) is 72.5 cm³/mol. The molecule has 1 N–H and O–H groups in total. The fraction of sp³-hybridized carbons (Fsp3) is 0. The second-order valence-electron chi connectivity index (χ2n) is 4.26. The molecule has 20 heavy (non-hydrogen) atoms. The van der Waals surface area contributed by atoms with Crippen LogP contribution in [-0.2, 0) is 4.79 Å². The average Bonchev–Trinajstić information content (AvgIpc) is 2.76. The third kappa shape index (κ3) is 1.93. The second kappa shape index (κ2) is 4.58. The van der Waals surface area contributed by atoms with Crippen molar-refractivity contribution in [3.63, 3.8) is 0 Å². The van der Waals surface area contributed by atoms with Crippen molar-refractivity contribution < 1.29 is 14.3 Å². The van der Waals surface area contributed by atoms with E-state index in [1.807, 2.05) is 0 Å². The molecule has 2 aromatic rings. The maximum absolute atomic E-state index is 11.9. The first-order valence-corrected chi connectivity index (χ1v) is 5.94. The van der Waals surface area contributed by atoms with Crippen LogP contribution in [0.1, 0.15) is 5.56 Å². The van der Waals surface area contributed by atoms with E-state index >= 15 is 0 Å². The molecule has 0 aliphatic carbocycles. The van der Waals surface area contributed by atoms with Crippen molar-refractivity contribution in [2.75, 3.05) is 5.32 Å². The first-order chi connectivity index (χ1) is 9.66. The highest BCUT2D eigenvalue weighted by molar-refractivity contribution is 6.23. The molecule has 6 nitrogen and oxygen atoms in total. The van der Waals surface area contributed by atoms with E-state index in [0.717, 1.165) is 0 Å². The van der Waals surface area contributed by atoms with Crippen LogP contribution in [0, 0.1) is 10.1 Å². The summed E-state index contributed by atoms with van der Waals surface area (Å²) in [6.07, 6.45) is 3.25. The van der Waals surface area contributed by atoms with Crippen LogP contribution >= 0.6 is 0 Å². The van der Waals surface area contributed by atoms with E-state index in [4.69, 9.17) is 0 Å². The number of nitrogens with one attached hydrogen (secondary N) is 1. The number of carbonyl (C=O) groups excluding carboxylic acids is 1. The highest BCUT2D eigenvalue weighted by atomic mass is 16.6. The van der Waals surface area contributed by atoms with Crippen LogP contribution in [0.3, 0.4) is 0 Å². The number of fused-ring (bicyclic) bond motifs is 1. The highest BCUT2D eigenvalue weighted by Gasteiger charge is 2.32. The fourth-order valence-corrected chi connectivity index (χ4v) is 2.10. The molecule has 6 heteroatoms. The van der Waals surface area contributed by atoms with Crippen LogP contribution in [0.4, 0.5) is 11.5 Å². The normalized spacial score (nSPS) is 15.0. The fourth-order valence-electron chi connectivity index (χ4n) is 2.10. The van der Waals surface area contributed by atoms with Crippen molar-refractivity contribution >= 4 is 29.2 Å². The van der Waals surface area contributed by atoms with E-state index in [0.29, 0.717) is 17.1 Å². The Hall–Kier alpha value is -3.02. The number of nitrogens with zero attached hydrogens (tertiary/aromatic N) is 2. The number of aromatic nitrogens is 1. The van der Waals surface area contributed by atoms with Gasteiger partial charge in [0.15, 0.2) is 0 Å². The number of rotatable bonds is 2. The molecule has 0 fully saturated rings. The average molecular weight is 268 g/mol. The maximum atomic E-state index is 11.9. The Labute approximate surface area is 114 Å². The smallest absolute Gasteiger partial charge is 0.258 e. The summed E-state index contributed by atoms with van der Waals surface area (Å²) in [5.41, 5.74) is 0.722. The number of nitro groups is 1. The Kier molecular flexibility index (Phi) is 2.76. The van der Waals surface area contributed by atoms with Gasteiger partial charge in [-0.2, -0.15) is 4.57 Å². The van der Waals surface area contributed by atoms with E-state index < -0.39 is 4.92 Å². The lowest BCUT2D eigenvalue weighted by Crippen LogP contribution is -2.29. The summed E-state index contributed by atoms with van der Waals surface area (Å²) < 4.78 is 1.67. The lowest BCUT2D eigenvalue weighted by atomic mass is 10.1. The Morgan fingerprint density at radius 3 is 2.70 bits per heavy atom. The van der Waals surface area contributed by atoms with E-state index in [-0.39, 0.29) is 11.6 Å². The first-order valence-electron chi connectivity index (χ1n) is 5.94. The van der Waals surface area contributed by atoms with Gasteiger partial charge in [0, 0.05) is 18.2 Å². The number of hydrogen-bond donors (Lipinski definition) is 1. The van der Waals surface area contributed by atoms with Gasteiger partial charge < -0.3 is 0 Å². The molecular weight excluding hydrogens is 258 g/mol. The summed E-state index contributed by atoms with van der Waals surface area (Å²) in [5, 5.41) is 13.7. The number of hydrogen-bond acceptors (Lipinski definition) is 3. The molecule has 2 heterocycles. The van der Waals surface area contributed by atoms with Gasteiger partial charge in [0.1, 0.15) is 0 Å². The summed E-state index contributed by atoms with van der Waals surface area (Å²) in [6.45, 7) is 0. The number of para-hydroxylation sites is 1. The van der Waals surface area contributed by atoms with Crippen molar-refractivity contribution in [3.8, 4) is 0 Å². The van der Waals surface area contributed by atoms with Crippen LogP contribution in [0.25, 0.3) is 11.8 Å². The SMILES string of the molecule is O=C1Nc2cccc[n+]2/C1=C\c1ccccc1[N+](=O)[O-]. The van der Waals surface area contributed by atoms with Gasteiger partial charge in [0.25, 0.3) is 11.5 Å². The van der Waals surface area contributed by atoms with Crippen LogP contribution in [0.2, 0.25) is 0 Å². The maximum Gasteiger partial charge on any atom is 0.379 e. The zero-order chi connectivity index (χ0) is 14.1. The molecule has 0 radical (unpaired) electrons. The van der Waals surface area contributed by atoms with Gasteiger partial charge in [0.2, 0.25) is 5.70 Å². The van der Waals surface area contributed by atoms with Crippen LogP contribution in [0.5, 0.6) is 0 Å². The Morgan fingerprint density at radius 2 is 1.90 bits per heavy atom. The van der Waals surface area contributed by atoms with Crippen molar-refractivity contribution in [2.45, 2.75) is 0 Å². The molecule has 1 aromatic heterocycles. The van der Waals surface area contributed by atoms with Gasteiger partial charge in [0.05, 0.1) is 16.7 Å². The van der Waals surface area contributed by atoms with Crippen molar-refractivity contribution in [1.29, 1.82) is 0 Å². The Bertz CT molecular complexity index is 753. The van der Waals surface area contributed by atoms with Crippen LogP contribution < -0.4 is 9.88 Å². The van der Waals surface area contributed by atoms with Gasteiger partial charge in [-0.1, -0.05) is 18.2 Å². The van der Waals surface area contributed by atoms with Gasteiger partial charge >= 0.3 is 5.91 Å². The molecule has 0 atom stereocenters. The predicted octanol–water partition coefficient (Wildman–Crippen LogP) is 1.83. The summed E-state index contributed by atoms with van der Waals surface area (Å²) in [7, 11) is 0. The van der Waals surface area contributed by atoms with Crippen molar-refractivity contribution in [3.05, 3.63) is 64.3 Å². The highest BCUT2D eigenvalue weighted by Crippen LogP contribution is 2.23. The van der Waals surface area contributed by atoms with Crippen molar-refractivity contribution in [1.82, 2.24) is 0 Å². The molecule has 0 saturated carbocycles. The number of pyridine rings is 1. The van der Waals surface area contributed by atoms with Gasteiger partial charge in [-0.05, 0) is 12.1 Å². The quantitative estimate of drug-likeness (QED) is 0.391. The van der Waals surface area contributed by atoms with E-state index in [2.05, 4.69) is 5.32 Å². The van der Waals surface area contributed by atoms with E-state index in [1.54, 1.807) is 47.2 Å². The second-order valence-corrected chi connectivity index (χ2v) is 4.26. The third-order valence-corrected chi connectivity index (χ3v) is 3.02. The number of carbonyl (C=O) groups is 1. The number of nitro benzene ring substituents is 1. The largest absolute Gasteiger partial charge is 0.379 e. The molecule has 3 rings (SSSR count). The van der Waals surface area contributed by atoms with Crippen LogP contribution in [-0.4, -0.2) is 10.8 Å². The molecule has 0 unspecified atom stereocenters. The molecule has 0 spiro atoms. The minimum absolute atomic E-state index is 0.0298. The molecule has 1 amide bonds. The van der Waals surface area contributed by atoms with Crippen molar-refractivity contribution in [2.24, 2.45) is 0 Å². The lowest BCUT2D eigenvalue weighted by Gasteiger charge is -1.97. The van der Waals surface area contributed by atoms with E-state index in [1.165, 1.54) is 12.1 Å². The Balaban J connectivity index is 2.14. The zero-order valence-corrected chi connectivity index (χ0v) is 10.3. The molecule has 0 saturated heterocycles. The van der Waals surface area contributed by atoms with Gasteiger partial charge in [-0.3, -0.25) is 10.1 Å². The summed E-state index contributed by atoms with van der Waals surface area (Å²) in [5.74, 6) is 0.358.